The van der Waals surface area contributed by atoms with Crippen LogP contribution in [0.15, 0.2) is 0 Å². The third kappa shape index (κ3) is 5.01. The molecule has 0 aromatic heterocycles. The van der Waals surface area contributed by atoms with Crippen LogP contribution in [0.4, 0.5) is 0 Å². The van der Waals surface area contributed by atoms with Gasteiger partial charge in [0.25, 0.3) is 0 Å². The predicted molar refractivity (Wildman–Crippen MR) is 157 cm³/mol. The van der Waals surface area contributed by atoms with Crippen molar-refractivity contribution in [1.29, 1.82) is 0 Å². The van der Waals surface area contributed by atoms with E-state index in [1.165, 1.54) is 96.3 Å². The molecule has 4 saturated carbocycles. The second-order valence-electron chi connectivity index (χ2n) is 15.4. The van der Waals surface area contributed by atoms with Gasteiger partial charge >= 0.3 is 0 Å². The maximum atomic E-state index is 4.25. The summed E-state index contributed by atoms with van der Waals surface area (Å²) < 4.78 is 0. The van der Waals surface area contributed by atoms with Crippen molar-refractivity contribution in [2.75, 3.05) is 0 Å². The zero-order valence-electron chi connectivity index (χ0n) is 24.8. The van der Waals surface area contributed by atoms with Crippen LogP contribution in [0.25, 0.3) is 0 Å². The summed E-state index contributed by atoms with van der Waals surface area (Å²) in [5.74, 6) is 5.74. The Bertz CT molecular complexity index is 716. The summed E-state index contributed by atoms with van der Waals surface area (Å²) in [6.45, 7) is 0. The van der Waals surface area contributed by atoms with Crippen LogP contribution in [-0.2, 0) is 17.1 Å². The Kier molecular flexibility index (Phi) is 8.28. The van der Waals surface area contributed by atoms with E-state index in [0.29, 0.717) is 61.2 Å². The van der Waals surface area contributed by atoms with Crippen molar-refractivity contribution in [2.45, 2.75) is 146 Å². The fraction of sp³-hybridized carbons (Fsp3) is 0.969. The van der Waals surface area contributed by atoms with E-state index in [0.717, 1.165) is 35.5 Å². The van der Waals surface area contributed by atoms with E-state index in [-0.39, 0.29) is 17.1 Å². The summed E-state index contributed by atoms with van der Waals surface area (Å²) in [5, 5.41) is 33.7. The first kappa shape index (κ1) is 28.7. The Hall–Kier alpha value is 0.199. The number of rotatable bonds is 0. The minimum atomic E-state index is 0. The predicted octanol–water partition coefficient (Wildman–Crippen LogP) is 2.42. The fourth-order valence-electron chi connectivity index (χ4n) is 11.7. The number of hydrogen-bond acceptors (Lipinski definition) is 8. The van der Waals surface area contributed by atoms with E-state index >= 15 is 0 Å². The van der Waals surface area contributed by atoms with Crippen LogP contribution in [0.1, 0.15) is 96.3 Å². The van der Waals surface area contributed by atoms with Gasteiger partial charge in [-0.05, 0) is 80.0 Å². The molecule has 0 aromatic carbocycles. The molecule has 9 aliphatic rings. The Morgan fingerprint density at radius 1 is 0.317 bits per heavy atom. The minimum absolute atomic E-state index is 0. The van der Waals surface area contributed by atoms with Crippen LogP contribution < -0.4 is 42.5 Å². The van der Waals surface area contributed by atoms with E-state index in [1.807, 2.05) is 0 Å². The summed E-state index contributed by atoms with van der Waals surface area (Å²) in [4.78, 5) is 0. The second-order valence-corrected chi connectivity index (χ2v) is 15.4. The molecule has 5 heterocycles. The molecule has 5 saturated heterocycles. The molecule has 8 N–H and O–H groups in total. The van der Waals surface area contributed by atoms with Crippen LogP contribution in [0.3, 0.4) is 0 Å². The van der Waals surface area contributed by atoms with E-state index in [9.17, 15) is 0 Å². The van der Waals surface area contributed by atoms with Crippen molar-refractivity contribution < 1.29 is 17.1 Å². The molecule has 16 atom stereocenters. The van der Waals surface area contributed by atoms with E-state index in [1.54, 1.807) is 0 Å². The summed E-state index contributed by atoms with van der Waals surface area (Å²) in [7, 11) is 0. The smallest absolute Gasteiger partial charge is 0.0628 e. The first-order valence-corrected chi connectivity index (χ1v) is 17.7. The molecule has 8 nitrogen and oxygen atoms in total. The van der Waals surface area contributed by atoms with Gasteiger partial charge in [0.1, 0.15) is 0 Å². The average Bonchev–Trinajstić information content (AvgIpc) is 3.73. The summed E-state index contributed by atoms with van der Waals surface area (Å²) in [5.41, 5.74) is 0. The molecule has 1 radical (unpaired) electrons. The van der Waals surface area contributed by atoms with Gasteiger partial charge in [-0.2, -0.15) is 6.42 Å². The van der Waals surface area contributed by atoms with Crippen molar-refractivity contribution in [2.24, 2.45) is 47.3 Å². The molecular formula is C32H55MnN8-. The van der Waals surface area contributed by atoms with Gasteiger partial charge in [0.15, 0.2) is 0 Å². The maximum absolute atomic E-state index is 4.25. The Balaban J connectivity index is 0.00000256. The molecule has 41 heavy (non-hydrogen) atoms. The molecule has 16 unspecified atom stereocenters. The summed E-state index contributed by atoms with van der Waals surface area (Å²) >= 11 is 0. The zero-order chi connectivity index (χ0) is 26.2. The van der Waals surface area contributed by atoms with E-state index in [4.69, 9.17) is 0 Å². The Labute approximate surface area is 258 Å². The molecule has 5 aliphatic heterocycles. The molecule has 4 aliphatic carbocycles. The summed E-state index contributed by atoms with van der Waals surface area (Å²) in [6.07, 6.45) is 26.4. The van der Waals surface area contributed by atoms with Gasteiger partial charge in [-0.3, -0.25) is 42.5 Å². The van der Waals surface area contributed by atoms with Crippen molar-refractivity contribution in [1.82, 2.24) is 42.5 Å². The SMILES string of the molecule is [CH-]1CCCC2C3NC(NC4NC(NC5NC(NC6NC(N3)C3CCCCC63)C3CCCCC53)C3CCCCC43)C12.[Mn]. The molecule has 8 bridgehead atoms. The number of hydrogen-bond donors (Lipinski definition) is 8. The normalized spacial score (nSPS) is 56.2. The second kappa shape index (κ2) is 11.8. The van der Waals surface area contributed by atoms with Crippen molar-refractivity contribution >= 4 is 0 Å². The van der Waals surface area contributed by atoms with Crippen molar-refractivity contribution in [3.8, 4) is 0 Å². The molecular weight excluding hydrogens is 551 g/mol. The van der Waals surface area contributed by atoms with Gasteiger partial charge in [-0.15, -0.1) is 5.92 Å². The monoisotopic (exact) mass is 606 g/mol. The molecule has 0 amide bonds. The minimum Gasteiger partial charge on any atom is -0.322 e. The average molecular weight is 607 g/mol. The topological polar surface area (TPSA) is 96.2 Å². The van der Waals surface area contributed by atoms with Crippen molar-refractivity contribution in [3.63, 3.8) is 0 Å². The van der Waals surface area contributed by atoms with Gasteiger partial charge in [0, 0.05) is 23.2 Å². The van der Waals surface area contributed by atoms with Gasteiger partial charge in [-0.25, -0.2) is 0 Å². The number of fused-ring (bicyclic) bond motifs is 20. The van der Waals surface area contributed by atoms with E-state index in [2.05, 4.69) is 49.0 Å². The van der Waals surface area contributed by atoms with Crippen LogP contribution >= 0.6 is 0 Å². The quantitative estimate of drug-likeness (QED) is 0.158. The molecule has 9 rings (SSSR count). The third-order valence-electron chi connectivity index (χ3n) is 13.6. The molecule has 9 fully saturated rings. The van der Waals surface area contributed by atoms with Crippen LogP contribution in [0, 0.1) is 53.8 Å². The zero-order valence-corrected chi connectivity index (χ0v) is 26.0. The van der Waals surface area contributed by atoms with Gasteiger partial charge in [0.05, 0.1) is 43.2 Å². The first-order chi connectivity index (χ1) is 19.8. The number of nitrogens with one attached hydrogen (secondary N) is 8. The molecule has 0 spiro atoms. The molecule has 0 aromatic rings. The van der Waals surface area contributed by atoms with Crippen molar-refractivity contribution in [3.05, 3.63) is 6.42 Å². The maximum Gasteiger partial charge on any atom is 0.0628 e. The van der Waals surface area contributed by atoms with Gasteiger partial charge < -0.3 is 6.42 Å². The van der Waals surface area contributed by atoms with Gasteiger partial charge in [-0.1, -0.05) is 51.4 Å². The fourth-order valence-corrected chi connectivity index (χ4v) is 11.7. The van der Waals surface area contributed by atoms with Crippen LogP contribution in [-0.4, -0.2) is 49.3 Å². The first-order valence-electron chi connectivity index (χ1n) is 17.7. The molecule has 9 heteroatoms. The Morgan fingerprint density at radius 3 is 0.927 bits per heavy atom. The standard InChI is InChI=1S/C32H55N8.Mn/c1-2-10-18-17(9-1)25-33-26(18)38-28-21-13-5-6-14-22(21)30(35-28)40-32-24-16-8-7-15-23(24)31(36-32)39-29-20-12-4-3-11-19(20)27(34-29)37-25;/h9,17-40H,1-8,10-16H2;/q-1;. The van der Waals surface area contributed by atoms with E-state index < -0.39 is 0 Å². The van der Waals surface area contributed by atoms with Crippen LogP contribution in [0.2, 0.25) is 0 Å². The third-order valence-corrected chi connectivity index (χ3v) is 13.6. The van der Waals surface area contributed by atoms with Gasteiger partial charge in [0.2, 0.25) is 0 Å². The summed E-state index contributed by atoms with van der Waals surface area (Å²) in [6, 6.07) is 0. The molecule has 231 valence electrons. The Morgan fingerprint density at radius 2 is 0.585 bits per heavy atom. The largest absolute Gasteiger partial charge is 0.322 e. The van der Waals surface area contributed by atoms with Crippen LogP contribution in [0.5, 0.6) is 0 Å².